The summed E-state index contributed by atoms with van der Waals surface area (Å²) in [5, 5.41) is 4.12. The molecule has 1 aliphatic rings. The second-order valence-corrected chi connectivity index (χ2v) is 5.14. The fourth-order valence-corrected chi connectivity index (χ4v) is 2.22. The number of ether oxygens (including phenoxy) is 1. The number of hydroxylamine groups is 2. The van der Waals surface area contributed by atoms with Crippen molar-refractivity contribution in [3.63, 3.8) is 0 Å². The van der Waals surface area contributed by atoms with E-state index in [-0.39, 0.29) is 29.9 Å². The van der Waals surface area contributed by atoms with Crippen molar-refractivity contribution in [3.8, 4) is 5.75 Å². The van der Waals surface area contributed by atoms with Crippen molar-refractivity contribution >= 4 is 34.4 Å². The fourth-order valence-electron chi connectivity index (χ4n) is 2.22. The highest BCUT2D eigenvalue weighted by atomic mass is 16.7. The van der Waals surface area contributed by atoms with Gasteiger partial charge in [-0.15, -0.1) is 5.06 Å². The Hall–Kier alpha value is -3.85. The number of benzene rings is 1. The van der Waals surface area contributed by atoms with Crippen molar-refractivity contribution < 1.29 is 28.4 Å². The summed E-state index contributed by atoms with van der Waals surface area (Å²) in [5.41, 5.74) is 7.54. The zero-order chi connectivity index (χ0) is 18.7. The summed E-state index contributed by atoms with van der Waals surface area (Å²) in [6, 6.07) is 5.73. The van der Waals surface area contributed by atoms with Crippen LogP contribution in [-0.4, -0.2) is 29.5 Å². The molecule has 11 heteroatoms. The van der Waals surface area contributed by atoms with Gasteiger partial charge in [0.1, 0.15) is 17.0 Å². The smallest absolute Gasteiger partial charge is 0.370 e. The van der Waals surface area contributed by atoms with Crippen LogP contribution < -0.4 is 10.4 Å². The fraction of sp³-hybridized carbons (Fsp3) is 0.200. The van der Waals surface area contributed by atoms with Crippen LogP contribution in [0.1, 0.15) is 12.8 Å². The van der Waals surface area contributed by atoms with Gasteiger partial charge in [0.15, 0.2) is 6.61 Å². The van der Waals surface area contributed by atoms with Gasteiger partial charge in [-0.05, 0) is 23.7 Å². The van der Waals surface area contributed by atoms with E-state index in [2.05, 4.69) is 14.9 Å². The molecule has 0 spiro atoms. The lowest BCUT2D eigenvalue weighted by Crippen LogP contribution is -2.33. The number of carbonyl (C=O) groups is 3. The number of azide groups is 1. The lowest BCUT2D eigenvalue weighted by molar-refractivity contribution is -0.198. The summed E-state index contributed by atoms with van der Waals surface area (Å²) in [7, 11) is 0. The number of rotatable bonds is 5. The molecule has 1 fully saturated rings. The van der Waals surface area contributed by atoms with Gasteiger partial charge < -0.3 is 14.0 Å². The Labute approximate surface area is 144 Å². The third-order valence-electron chi connectivity index (χ3n) is 3.40. The molecule has 0 bridgehead atoms. The molecule has 132 valence electrons. The normalized spacial score (nSPS) is 13.6. The molecule has 0 radical (unpaired) electrons. The lowest BCUT2D eigenvalue weighted by Gasteiger charge is -2.13. The molecule has 11 nitrogen and oxygen atoms in total. The summed E-state index contributed by atoms with van der Waals surface area (Å²) in [4.78, 5) is 53.2. The Balaban J connectivity index is 1.69. The summed E-state index contributed by atoms with van der Waals surface area (Å²) in [6.45, 7) is -0.566. The van der Waals surface area contributed by atoms with Gasteiger partial charge in [-0.25, -0.2) is 9.59 Å². The van der Waals surface area contributed by atoms with E-state index in [9.17, 15) is 19.2 Å². The van der Waals surface area contributed by atoms with Crippen LogP contribution in [0.5, 0.6) is 5.75 Å². The van der Waals surface area contributed by atoms with E-state index < -0.39 is 30.0 Å². The van der Waals surface area contributed by atoms with Crippen molar-refractivity contribution in [2.24, 2.45) is 5.11 Å². The molecular formula is C15H10N4O7. The Bertz CT molecular complexity index is 1010. The number of fused-ring (bicyclic) bond motifs is 1. The molecule has 1 saturated heterocycles. The standard InChI is InChI=1S/C15H10N4O7/c16-18-17-10-5-8-1-2-9(6-11(8)25-15(10)23)24-7-14(22)26-19-12(20)3-4-13(19)21/h1-2,5-6H,3-4,7H2. The zero-order valence-corrected chi connectivity index (χ0v) is 13.1. The van der Waals surface area contributed by atoms with E-state index in [0.29, 0.717) is 10.4 Å². The molecule has 2 aromatic rings. The van der Waals surface area contributed by atoms with E-state index >= 15 is 0 Å². The number of imide groups is 1. The van der Waals surface area contributed by atoms with Gasteiger partial charge in [-0.3, -0.25) is 9.59 Å². The highest BCUT2D eigenvalue weighted by Gasteiger charge is 2.32. The molecule has 2 amide bonds. The van der Waals surface area contributed by atoms with E-state index in [1.807, 2.05) is 0 Å². The number of hydrogen-bond donors (Lipinski definition) is 0. The van der Waals surface area contributed by atoms with Crippen LogP contribution in [0.4, 0.5) is 5.69 Å². The predicted molar refractivity (Wildman–Crippen MR) is 84.0 cm³/mol. The van der Waals surface area contributed by atoms with Crippen LogP contribution >= 0.6 is 0 Å². The van der Waals surface area contributed by atoms with Gasteiger partial charge in [-0.2, -0.15) is 0 Å². The van der Waals surface area contributed by atoms with Gasteiger partial charge in [0.05, 0.1) is 0 Å². The topological polar surface area (TPSA) is 152 Å². The number of hydrogen-bond acceptors (Lipinski definition) is 8. The first-order valence-corrected chi connectivity index (χ1v) is 7.30. The Kier molecular flexibility index (Phi) is 4.54. The largest absolute Gasteiger partial charge is 0.482 e. The van der Waals surface area contributed by atoms with Crippen LogP contribution in [-0.2, 0) is 19.2 Å². The van der Waals surface area contributed by atoms with Crippen molar-refractivity contribution in [3.05, 3.63) is 45.1 Å². The molecule has 26 heavy (non-hydrogen) atoms. The third kappa shape index (κ3) is 3.47. The second kappa shape index (κ2) is 6.95. The van der Waals surface area contributed by atoms with E-state index in [1.54, 1.807) is 0 Å². The number of amides is 2. The minimum Gasteiger partial charge on any atom is -0.482 e. The molecule has 0 N–H and O–H groups in total. The average Bonchev–Trinajstić information content (AvgIpc) is 2.93. The van der Waals surface area contributed by atoms with Crippen LogP contribution in [0.25, 0.3) is 21.4 Å². The van der Waals surface area contributed by atoms with Gasteiger partial charge in [-0.1, -0.05) is 5.11 Å². The first-order chi connectivity index (χ1) is 12.5. The zero-order valence-electron chi connectivity index (χ0n) is 13.1. The van der Waals surface area contributed by atoms with Crippen molar-refractivity contribution in [2.75, 3.05) is 6.61 Å². The van der Waals surface area contributed by atoms with Crippen molar-refractivity contribution in [1.82, 2.24) is 5.06 Å². The third-order valence-corrected chi connectivity index (χ3v) is 3.40. The molecule has 1 aromatic carbocycles. The van der Waals surface area contributed by atoms with Crippen molar-refractivity contribution in [1.29, 1.82) is 0 Å². The summed E-state index contributed by atoms with van der Waals surface area (Å²) >= 11 is 0. The van der Waals surface area contributed by atoms with E-state index in [1.165, 1.54) is 24.3 Å². The quantitative estimate of drug-likeness (QED) is 0.259. The van der Waals surface area contributed by atoms with Crippen LogP contribution in [0.15, 0.2) is 38.6 Å². The highest BCUT2D eigenvalue weighted by Crippen LogP contribution is 2.23. The second-order valence-electron chi connectivity index (χ2n) is 5.14. The highest BCUT2D eigenvalue weighted by molar-refractivity contribution is 6.01. The van der Waals surface area contributed by atoms with Gasteiger partial charge in [0.25, 0.3) is 11.8 Å². The maximum atomic E-state index is 11.7. The molecule has 0 atom stereocenters. The minimum atomic E-state index is -0.936. The van der Waals surface area contributed by atoms with Gasteiger partial charge in [0, 0.05) is 29.2 Å². The molecular weight excluding hydrogens is 348 g/mol. The minimum absolute atomic E-state index is 0.00544. The van der Waals surface area contributed by atoms with Crippen LogP contribution in [0.3, 0.4) is 0 Å². The maximum Gasteiger partial charge on any atom is 0.370 e. The van der Waals surface area contributed by atoms with Crippen LogP contribution in [0.2, 0.25) is 0 Å². The van der Waals surface area contributed by atoms with E-state index in [4.69, 9.17) is 14.7 Å². The molecule has 0 unspecified atom stereocenters. The summed E-state index contributed by atoms with van der Waals surface area (Å²) in [6.07, 6.45) is -0.0109. The molecule has 0 aliphatic carbocycles. The van der Waals surface area contributed by atoms with E-state index in [0.717, 1.165) is 0 Å². The van der Waals surface area contributed by atoms with Gasteiger partial charge in [0.2, 0.25) is 0 Å². The number of nitrogens with zero attached hydrogens (tertiary/aromatic N) is 4. The van der Waals surface area contributed by atoms with Crippen molar-refractivity contribution in [2.45, 2.75) is 12.8 Å². The average molecular weight is 358 g/mol. The molecule has 1 aromatic heterocycles. The Morgan fingerprint density at radius 1 is 1.23 bits per heavy atom. The van der Waals surface area contributed by atoms with Gasteiger partial charge >= 0.3 is 11.6 Å². The first-order valence-electron chi connectivity index (χ1n) is 7.30. The lowest BCUT2D eigenvalue weighted by atomic mass is 10.2. The Morgan fingerprint density at radius 3 is 2.65 bits per heavy atom. The molecule has 0 saturated carbocycles. The maximum absolute atomic E-state index is 11.7. The molecule has 2 heterocycles. The predicted octanol–water partition coefficient (Wildman–Crippen LogP) is 1.72. The van der Waals surface area contributed by atoms with Crippen LogP contribution in [0, 0.1) is 0 Å². The number of carbonyl (C=O) groups excluding carboxylic acids is 3. The molecule has 1 aliphatic heterocycles. The SMILES string of the molecule is [N-]=[N+]=Nc1cc2ccc(OCC(=O)ON3C(=O)CCC3=O)cc2oc1=O. The monoisotopic (exact) mass is 358 g/mol. The summed E-state index contributed by atoms with van der Waals surface area (Å²) < 4.78 is 10.2. The Morgan fingerprint density at radius 2 is 1.96 bits per heavy atom. The molecule has 3 rings (SSSR count). The summed E-state index contributed by atoms with van der Waals surface area (Å²) in [5.74, 6) is -1.93. The first kappa shape index (κ1) is 17.0.